The zero-order chi connectivity index (χ0) is 23.9. The van der Waals surface area contributed by atoms with Gasteiger partial charge in [-0.15, -0.1) is 10.2 Å². The first-order valence-corrected chi connectivity index (χ1v) is 11.2. The fourth-order valence-electron chi connectivity index (χ4n) is 4.07. The smallest absolute Gasteiger partial charge is 0.242 e. The number of nitrogens with one attached hydrogen (secondary N) is 2. The average molecular weight is 485 g/mol. The summed E-state index contributed by atoms with van der Waals surface area (Å²) in [6.45, 7) is 0. The summed E-state index contributed by atoms with van der Waals surface area (Å²) in [5.41, 5.74) is 5.27. The van der Waals surface area contributed by atoms with E-state index in [2.05, 4.69) is 48.9 Å². The molecule has 8 nitrogen and oxygen atoms in total. The molecular formula is C25H18ClFN8. The fourth-order valence-corrected chi connectivity index (χ4v) is 4.25. The van der Waals surface area contributed by atoms with E-state index in [1.807, 2.05) is 24.3 Å². The molecule has 0 radical (unpaired) electrons. The molecule has 0 aliphatic heterocycles. The molecule has 35 heavy (non-hydrogen) atoms. The lowest BCUT2D eigenvalue weighted by molar-refractivity contribution is 0.628. The van der Waals surface area contributed by atoms with Gasteiger partial charge in [0, 0.05) is 34.8 Å². The van der Waals surface area contributed by atoms with E-state index in [-0.39, 0.29) is 5.02 Å². The van der Waals surface area contributed by atoms with E-state index >= 15 is 0 Å². The van der Waals surface area contributed by atoms with E-state index in [4.69, 9.17) is 16.6 Å². The summed E-state index contributed by atoms with van der Waals surface area (Å²) < 4.78 is 13.7. The maximum absolute atomic E-state index is 13.7. The molecule has 172 valence electrons. The monoisotopic (exact) mass is 484 g/mol. The number of aryl methyl sites for hydroxylation is 1. The van der Waals surface area contributed by atoms with Crippen LogP contribution in [-0.2, 0) is 13.5 Å². The van der Waals surface area contributed by atoms with Gasteiger partial charge in [-0.05, 0) is 41.1 Å². The fraction of sp³-hybridized carbons (Fsp3) is 0.0800. The third-order valence-corrected chi connectivity index (χ3v) is 5.97. The Bertz CT molecular complexity index is 1690. The van der Waals surface area contributed by atoms with Crippen LogP contribution in [0.2, 0.25) is 5.02 Å². The Balaban J connectivity index is 1.51. The van der Waals surface area contributed by atoms with Crippen molar-refractivity contribution in [2.45, 2.75) is 6.42 Å². The molecule has 6 aromatic rings. The molecule has 3 heterocycles. The lowest BCUT2D eigenvalue weighted by Gasteiger charge is -2.11. The van der Waals surface area contributed by atoms with Crippen molar-refractivity contribution in [1.82, 2.24) is 35.2 Å². The first kappa shape index (κ1) is 21.2. The number of aromatic nitrogens is 7. The van der Waals surface area contributed by atoms with Crippen LogP contribution in [0.15, 0.2) is 66.9 Å². The molecule has 3 aromatic carbocycles. The summed E-state index contributed by atoms with van der Waals surface area (Å²) in [6, 6.07) is 18.8. The van der Waals surface area contributed by atoms with Crippen molar-refractivity contribution < 1.29 is 4.39 Å². The van der Waals surface area contributed by atoms with E-state index in [1.54, 1.807) is 25.4 Å². The molecule has 0 unspecified atom stereocenters. The zero-order valence-electron chi connectivity index (χ0n) is 18.5. The van der Waals surface area contributed by atoms with Crippen molar-refractivity contribution in [2.75, 3.05) is 5.32 Å². The standard InChI is InChI=1S/C25H18ClFN8/c1-35-33-25(32-34-35)24-28-13-18-22(31-24)12-21(29-15-7-8-20(27)19(26)11-15)17-10-16(30-23(17)18)9-14-5-3-2-4-6-14/h2-8,10-13,29-30H,9H2,1H3. The summed E-state index contributed by atoms with van der Waals surface area (Å²) in [6.07, 6.45) is 2.50. The number of halogens is 2. The van der Waals surface area contributed by atoms with Gasteiger partial charge in [0.25, 0.3) is 0 Å². The Labute approximate surface area is 203 Å². The first-order chi connectivity index (χ1) is 17.0. The molecule has 0 amide bonds. The molecule has 0 atom stereocenters. The third-order valence-electron chi connectivity index (χ3n) is 5.68. The van der Waals surface area contributed by atoms with Crippen molar-refractivity contribution in [3.8, 4) is 11.6 Å². The van der Waals surface area contributed by atoms with Gasteiger partial charge in [0.05, 0.1) is 28.8 Å². The molecule has 0 aliphatic rings. The van der Waals surface area contributed by atoms with E-state index in [0.717, 1.165) is 34.1 Å². The number of fused-ring (bicyclic) bond motifs is 3. The van der Waals surface area contributed by atoms with Crippen LogP contribution < -0.4 is 5.32 Å². The van der Waals surface area contributed by atoms with Crippen molar-refractivity contribution in [3.05, 3.63) is 89.0 Å². The van der Waals surface area contributed by atoms with Gasteiger partial charge in [-0.3, -0.25) is 0 Å². The number of rotatable bonds is 5. The highest BCUT2D eigenvalue weighted by atomic mass is 35.5. The van der Waals surface area contributed by atoms with Gasteiger partial charge in [-0.25, -0.2) is 14.4 Å². The molecule has 0 fully saturated rings. The van der Waals surface area contributed by atoms with Crippen LogP contribution in [0.4, 0.5) is 15.8 Å². The Kier molecular flexibility index (Phi) is 5.11. The average Bonchev–Trinajstić information content (AvgIpc) is 3.48. The molecule has 0 aliphatic carbocycles. The zero-order valence-corrected chi connectivity index (χ0v) is 19.3. The number of hydrogen-bond acceptors (Lipinski definition) is 6. The number of anilines is 2. The minimum absolute atomic E-state index is 0.0456. The predicted molar refractivity (Wildman–Crippen MR) is 133 cm³/mol. The predicted octanol–water partition coefficient (Wildman–Crippen LogP) is 5.43. The van der Waals surface area contributed by atoms with Crippen LogP contribution in [0.25, 0.3) is 33.5 Å². The van der Waals surface area contributed by atoms with Gasteiger partial charge in [-0.2, -0.15) is 4.80 Å². The van der Waals surface area contributed by atoms with Gasteiger partial charge in [0.15, 0.2) is 0 Å². The van der Waals surface area contributed by atoms with Gasteiger partial charge in [0.2, 0.25) is 11.6 Å². The lowest BCUT2D eigenvalue weighted by atomic mass is 10.1. The number of tetrazole rings is 1. The van der Waals surface area contributed by atoms with Gasteiger partial charge >= 0.3 is 0 Å². The summed E-state index contributed by atoms with van der Waals surface area (Å²) in [5.74, 6) is 0.240. The molecule has 10 heteroatoms. The molecule has 2 N–H and O–H groups in total. The van der Waals surface area contributed by atoms with Crippen LogP contribution in [0.3, 0.4) is 0 Å². The van der Waals surface area contributed by atoms with E-state index in [0.29, 0.717) is 22.9 Å². The van der Waals surface area contributed by atoms with Crippen molar-refractivity contribution in [3.63, 3.8) is 0 Å². The second-order valence-electron chi connectivity index (χ2n) is 8.15. The Morgan fingerprint density at radius 3 is 2.66 bits per heavy atom. The summed E-state index contributed by atoms with van der Waals surface area (Å²) >= 11 is 6.01. The van der Waals surface area contributed by atoms with Crippen molar-refractivity contribution in [2.24, 2.45) is 7.05 Å². The van der Waals surface area contributed by atoms with Crippen molar-refractivity contribution in [1.29, 1.82) is 0 Å². The number of benzene rings is 3. The molecule has 0 saturated heterocycles. The maximum Gasteiger partial charge on any atom is 0.242 e. The molecular weight excluding hydrogens is 467 g/mol. The summed E-state index contributed by atoms with van der Waals surface area (Å²) in [7, 11) is 1.68. The first-order valence-electron chi connectivity index (χ1n) is 10.9. The van der Waals surface area contributed by atoms with E-state index in [1.165, 1.54) is 16.4 Å². The van der Waals surface area contributed by atoms with Gasteiger partial charge < -0.3 is 10.3 Å². The van der Waals surface area contributed by atoms with Gasteiger partial charge in [0.1, 0.15) is 5.82 Å². The van der Waals surface area contributed by atoms with Crippen LogP contribution in [0.1, 0.15) is 11.3 Å². The molecule has 0 spiro atoms. The summed E-state index contributed by atoms with van der Waals surface area (Å²) in [4.78, 5) is 14.1. The highest BCUT2D eigenvalue weighted by molar-refractivity contribution is 6.31. The van der Waals surface area contributed by atoms with Crippen LogP contribution >= 0.6 is 11.6 Å². The largest absolute Gasteiger partial charge is 0.357 e. The molecule has 0 saturated carbocycles. The normalized spacial score (nSPS) is 11.4. The van der Waals surface area contributed by atoms with Gasteiger partial charge in [-0.1, -0.05) is 41.9 Å². The molecule has 0 bridgehead atoms. The van der Waals surface area contributed by atoms with Crippen LogP contribution in [-0.4, -0.2) is 35.2 Å². The number of H-pyrrole nitrogens is 1. The van der Waals surface area contributed by atoms with Crippen LogP contribution in [0, 0.1) is 5.82 Å². The number of aromatic amines is 1. The maximum atomic E-state index is 13.7. The summed E-state index contributed by atoms with van der Waals surface area (Å²) in [5, 5.41) is 17.3. The Morgan fingerprint density at radius 1 is 1.03 bits per heavy atom. The Hall–Kier alpha value is -4.37. The number of nitrogens with zero attached hydrogens (tertiary/aromatic N) is 6. The second-order valence-corrected chi connectivity index (χ2v) is 8.56. The van der Waals surface area contributed by atoms with E-state index < -0.39 is 5.82 Å². The minimum atomic E-state index is -0.471. The van der Waals surface area contributed by atoms with Crippen LogP contribution in [0.5, 0.6) is 0 Å². The number of hydrogen-bond donors (Lipinski definition) is 2. The SMILES string of the molecule is Cn1nnc(-c2ncc3c(cc(Nc4ccc(F)c(Cl)c4)c4cc(Cc5ccccc5)[nH]c43)n2)n1. The quantitative estimate of drug-likeness (QED) is 0.338. The highest BCUT2D eigenvalue weighted by Gasteiger charge is 2.16. The van der Waals surface area contributed by atoms with E-state index in [9.17, 15) is 4.39 Å². The Morgan fingerprint density at radius 2 is 1.89 bits per heavy atom. The molecule has 6 rings (SSSR count). The second kappa shape index (κ2) is 8.44. The molecule has 3 aromatic heterocycles. The third kappa shape index (κ3) is 4.06. The van der Waals surface area contributed by atoms with Crippen molar-refractivity contribution >= 4 is 44.8 Å². The highest BCUT2D eigenvalue weighted by Crippen LogP contribution is 2.35. The lowest BCUT2D eigenvalue weighted by Crippen LogP contribution is -1.97. The minimum Gasteiger partial charge on any atom is -0.357 e. The topological polar surface area (TPSA) is 97.2 Å².